The van der Waals surface area contributed by atoms with Gasteiger partial charge in [0.1, 0.15) is 0 Å². The predicted molar refractivity (Wildman–Crippen MR) is 68.2 cm³/mol. The fourth-order valence-corrected chi connectivity index (χ4v) is 2.46. The van der Waals surface area contributed by atoms with Gasteiger partial charge in [0.2, 0.25) is 0 Å². The lowest BCUT2D eigenvalue weighted by molar-refractivity contribution is -0.142. The quantitative estimate of drug-likeness (QED) is 0.686. The number of piperidine rings is 1. The number of hydrogen-bond acceptors (Lipinski definition) is 4. The number of ether oxygens (including phenoxy) is 2. The molecule has 1 aliphatic heterocycles. The van der Waals surface area contributed by atoms with Gasteiger partial charge in [-0.05, 0) is 33.6 Å². The van der Waals surface area contributed by atoms with E-state index >= 15 is 0 Å². The Labute approximate surface area is 105 Å². The Morgan fingerprint density at radius 3 is 2.35 bits per heavy atom. The SMILES string of the molecule is CCOCCN1CCC(OCC)(C(C)O)CC1. The fraction of sp³-hybridized carbons (Fsp3) is 1.00. The molecule has 0 aromatic rings. The normalized spacial score (nSPS) is 22.6. The van der Waals surface area contributed by atoms with E-state index in [1.165, 1.54) is 0 Å². The minimum absolute atomic E-state index is 0.323. The Balaban J connectivity index is 2.36. The van der Waals surface area contributed by atoms with E-state index in [0.717, 1.165) is 45.7 Å². The second kappa shape index (κ2) is 7.31. The van der Waals surface area contributed by atoms with Crippen molar-refractivity contribution < 1.29 is 14.6 Å². The summed E-state index contributed by atoms with van der Waals surface area (Å²) in [4.78, 5) is 2.38. The zero-order valence-electron chi connectivity index (χ0n) is 11.4. The number of hydrogen-bond donors (Lipinski definition) is 1. The summed E-state index contributed by atoms with van der Waals surface area (Å²) in [7, 11) is 0. The molecule has 1 saturated heterocycles. The first kappa shape index (κ1) is 14.9. The van der Waals surface area contributed by atoms with Crippen molar-refractivity contribution in [3.8, 4) is 0 Å². The monoisotopic (exact) mass is 245 g/mol. The summed E-state index contributed by atoms with van der Waals surface area (Å²) in [6, 6.07) is 0. The third-order valence-electron chi connectivity index (χ3n) is 3.65. The molecule has 1 N–H and O–H groups in total. The van der Waals surface area contributed by atoms with Gasteiger partial charge in [0.15, 0.2) is 0 Å². The smallest absolute Gasteiger partial charge is 0.0961 e. The van der Waals surface area contributed by atoms with Crippen molar-refractivity contribution in [2.45, 2.75) is 45.3 Å². The topological polar surface area (TPSA) is 41.9 Å². The van der Waals surface area contributed by atoms with Crippen LogP contribution in [0.1, 0.15) is 33.6 Å². The van der Waals surface area contributed by atoms with E-state index in [-0.39, 0.29) is 5.60 Å². The summed E-state index contributed by atoms with van der Waals surface area (Å²) in [6.45, 7) is 11.0. The molecule has 1 atom stereocenters. The van der Waals surface area contributed by atoms with Gasteiger partial charge in [0.25, 0.3) is 0 Å². The van der Waals surface area contributed by atoms with Gasteiger partial charge < -0.3 is 19.5 Å². The highest BCUT2D eigenvalue weighted by Gasteiger charge is 2.39. The maximum atomic E-state index is 9.89. The molecule has 0 aromatic carbocycles. The summed E-state index contributed by atoms with van der Waals surface area (Å²) in [6.07, 6.45) is 1.42. The lowest BCUT2D eigenvalue weighted by Gasteiger charge is -2.43. The van der Waals surface area contributed by atoms with E-state index < -0.39 is 6.10 Å². The number of aliphatic hydroxyl groups excluding tert-OH is 1. The molecule has 0 spiro atoms. The number of nitrogens with zero attached hydrogens (tertiary/aromatic N) is 1. The van der Waals surface area contributed by atoms with Crippen molar-refractivity contribution in [3.63, 3.8) is 0 Å². The first-order valence-corrected chi connectivity index (χ1v) is 6.76. The Morgan fingerprint density at radius 2 is 1.88 bits per heavy atom. The number of likely N-dealkylation sites (tertiary alicyclic amines) is 1. The minimum atomic E-state index is -0.392. The molecular weight excluding hydrogens is 218 g/mol. The summed E-state index contributed by atoms with van der Waals surface area (Å²) in [5, 5.41) is 9.89. The van der Waals surface area contributed by atoms with Crippen LogP contribution >= 0.6 is 0 Å². The van der Waals surface area contributed by atoms with Gasteiger partial charge in [0.05, 0.1) is 18.3 Å². The largest absolute Gasteiger partial charge is 0.390 e. The molecule has 1 heterocycles. The van der Waals surface area contributed by atoms with Crippen molar-refractivity contribution in [3.05, 3.63) is 0 Å². The third-order valence-corrected chi connectivity index (χ3v) is 3.65. The highest BCUT2D eigenvalue weighted by atomic mass is 16.5. The first-order chi connectivity index (χ1) is 8.14. The molecule has 1 unspecified atom stereocenters. The second-order valence-corrected chi connectivity index (χ2v) is 4.71. The van der Waals surface area contributed by atoms with Crippen LogP contribution in [0.15, 0.2) is 0 Å². The third kappa shape index (κ3) is 4.21. The molecule has 1 rings (SSSR count). The van der Waals surface area contributed by atoms with Crippen molar-refractivity contribution in [1.82, 2.24) is 4.90 Å². The highest BCUT2D eigenvalue weighted by Crippen LogP contribution is 2.29. The molecule has 0 bridgehead atoms. The lowest BCUT2D eigenvalue weighted by Crippen LogP contribution is -2.52. The molecule has 1 aliphatic rings. The van der Waals surface area contributed by atoms with E-state index in [0.29, 0.717) is 6.61 Å². The van der Waals surface area contributed by atoms with Crippen LogP contribution in [-0.2, 0) is 9.47 Å². The zero-order chi connectivity index (χ0) is 12.7. The molecule has 1 fully saturated rings. The van der Waals surface area contributed by atoms with Crippen molar-refractivity contribution in [2.24, 2.45) is 0 Å². The van der Waals surface area contributed by atoms with Crippen LogP contribution in [0.5, 0.6) is 0 Å². The molecule has 4 nitrogen and oxygen atoms in total. The van der Waals surface area contributed by atoms with Gasteiger partial charge in [-0.25, -0.2) is 0 Å². The Morgan fingerprint density at radius 1 is 1.24 bits per heavy atom. The average molecular weight is 245 g/mol. The molecular formula is C13H27NO3. The second-order valence-electron chi connectivity index (χ2n) is 4.71. The van der Waals surface area contributed by atoms with E-state index in [1.54, 1.807) is 0 Å². The van der Waals surface area contributed by atoms with E-state index in [2.05, 4.69) is 4.90 Å². The molecule has 17 heavy (non-hydrogen) atoms. The van der Waals surface area contributed by atoms with Gasteiger partial charge >= 0.3 is 0 Å². The molecule has 0 aliphatic carbocycles. The van der Waals surface area contributed by atoms with Gasteiger partial charge in [-0.2, -0.15) is 0 Å². The highest BCUT2D eigenvalue weighted by molar-refractivity contribution is 4.91. The van der Waals surface area contributed by atoms with Crippen LogP contribution in [0.25, 0.3) is 0 Å². The van der Waals surface area contributed by atoms with Gasteiger partial charge in [-0.3, -0.25) is 0 Å². The maximum Gasteiger partial charge on any atom is 0.0961 e. The molecule has 0 radical (unpaired) electrons. The molecule has 0 amide bonds. The van der Waals surface area contributed by atoms with Crippen molar-refractivity contribution in [1.29, 1.82) is 0 Å². The minimum Gasteiger partial charge on any atom is -0.390 e. The van der Waals surface area contributed by atoms with Crippen molar-refractivity contribution >= 4 is 0 Å². The summed E-state index contributed by atoms with van der Waals surface area (Å²) in [5.41, 5.74) is -0.323. The standard InChI is InChI=1S/C13H27NO3/c1-4-16-11-10-14-8-6-13(7-9-14,12(3)15)17-5-2/h12,15H,4-11H2,1-3H3. The van der Waals surface area contributed by atoms with Gasteiger partial charge in [-0.15, -0.1) is 0 Å². The van der Waals surface area contributed by atoms with Gasteiger partial charge in [0, 0.05) is 32.8 Å². The van der Waals surface area contributed by atoms with Gasteiger partial charge in [-0.1, -0.05) is 0 Å². The van der Waals surface area contributed by atoms with Crippen LogP contribution in [-0.4, -0.2) is 61.2 Å². The molecule has 0 aromatic heterocycles. The van der Waals surface area contributed by atoms with Crippen LogP contribution < -0.4 is 0 Å². The first-order valence-electron chi connectivity index (χ1n) is 6.76. The Hall–Kier alpha value is -0.160. The average Bonchev–Trinajstić information content (AvgIpc) is 2.32. The molecule has 4 heteroatoms. The maximum absolute atomic E-state index is 9.89. The predicted octanol–water partition coefficient (Wildman–Crippen LogP) is 1.27. The summed E-state index contributed by atoms with van der Waals surface area (Å²) in [5.74, 6) is 0. The van der Waals surface area contributed by atoms with E-state index in [4.69, 9.17) is 9.47 Å². The van der Waals surface area contributed by atoms with Crippen LogP contribution in [0.4, 0.5) is 0 Å². The number of aliphatic hydroxyl groups is 1. The van der Waals surface area contributed by atoms with Crippen LogP contribution in [0.3, 0.4) is 0 Å². The fourth-order valence-electron chi connectivity index (χ4n) is 2.46. The Bertz CT molecular complexity index is 201. The Kier molecular flexibility index (Phi) is 6.41. The van der Waals surface area contributed by atoms with Crippen LogP contribution in [0, 0.1) is 0 Å². The summed E-state index contributed by atoms with van der Waals surface area (Å²) >= 11 is 0. The number of rotatable bonds is 7. The van der Waals surface area contributed by atoms with Crippen LogP contribution in [0.2, 0.25) is 0 Å². The summed E-state index contributed by atoms with van der Waals surface area (Å²) < 4.78 is 11.2. The molecule has 102 valence electrons. The van der Waals surface area contributed by atoms with E-state index in [9.17, 15) is 5.11 Å². The van der Waals surface area contributed by atoms with Crippen molar-refractivity contribution in [2.75, 3.05) is 39.5 Å². The molecule has 0 saturated carbocycles. The zero-order valence-corrected chi connectivity index (χ0v) is 11.4. The lowest BCUT2D eigenvalue weighted by atomic mass is 9.86. The van der Waals surface area contributed by atoms with E-state index in [1.807, 2.05) is 20.8 Å².